The van der Waals surface area contributed by atoms with Crippen LogP contribution >= 0.6 is 15.9 Å². The molecule has 4 nitrogen and oxygen atoms in total. The minimum Gasteiger partial charge on any atom is -0.488 e. The van der Waals surface area contributed by atoms with Crippen molar-refractivity contribution in [1.82, 2.24) is 4.90 Å². The van der Waals surface area contributed by atoms with Crippen molar-refractivity contribution >= 4 is 27.9 Å². The number of unbranched alkanes of at least 4 members (excludes halogenated alkanes) is 2. The molecule has 1 aliphatic rings. The zero-order valence-corrected chi connectivity index (χ0v) is 13.7. The molecular formula is C16H20BrNO3. The van der Waals surface area contributed by atoms with Gasteiger partial charge in [0, 0.05) is 30.2 Å². The Hall–Kier alpha value is -1.33. The molecule has 2 rings (SSSR count). The van der Waals surface area contributed by atoms with Crippen LogP contribution in [0, 0.1) is 0 Å². The molecular weight excluding hydrogens is 334 g/mol. The largest absolute Gasteiger partial charge is 0.488 e. The van der Waals surface area contributed by atoms with Gasteiger partial charge in [-0.05, 0) is 43.5 Å². The van der Waals surface area contributed by atoms with Gasteiger partial charge in [-0.25, -0.2) is 0 Å². The summed E-state index contributed by atoms with van der Waals surface area (Å²) in [6, 6.07) is 5.77. The number of nitrogens with zero attached hydrogens (tertiary/aromatic N) is 1. The molecule has 0 unspecified atom stereocenters. The molecule has 1 heterocycles. The number of hydrogen-bond acceptors (Lipinski definition) is 3. The molecule has 1 aliphatic heterocycles. The standard InChI is InChI=1S/C16H20BrNO3/c1-18(7-3-2-4-8-19)16(20)13-9-12-10-14(17)5-6-15(12)21-11-13/h5-6,9-10,19H,2-4,7-8,11H2,1H3. The lowest BCUT2D eigenvalue weighted by atomic mass is 10.1. The van der Waals surface area contributed by atoms with E-state index in [1.54, 1.807) is 11.9 Å². The highest BCUT2D eigenvalue weighted by Gasteiger charge is 2.20. The minimum atomic E-state index is 0.00428. The maximum Gasteiger partial charge on any atom is 0.252 e. The fourth-order valence-corrected chi connectivity index (χ4v) is 2.63. The number of amides is 1. The van der Waals surface area contributed by atoms with Gasteiger partial charge in [0.2, 0.25) is 0 Å². The van der Waals surface area contributed by atoms with E-state index >= 15 is 0 Å². The van der Waals surface area contributed by atoms with Gasteiger partial charge in [0.05, 0.1) is 5.57 Å². The van der Waals surface area contributed by atoms with Crippen LogP contribution < -0.4 is 4.74 Å². The molecule has 0 bridgehead atoms. The third-order valence-electron chi connectivity index (χ3n) is 3.46. The molecule has 1 amide bonds. The molecule has 1 aromatic rings. The van der Waals surface area contributed by atoms with E-state index in [1.807, 2.05) is 24.3 Å². The van der Waals surface area contributed by atoms with Crippen molar-refractivity contribution in [3.8, 4) is 5.75 Å². The van der Waals surface area contributed by atoms with Gasteiger partial charge in [-0.3, -0.25) is 4.79 Å². The summed E-state index contributed by atoms with van der Waals surface area (Å²) < 4.78 is 6.60. The molecule has 5 heteroatoms. The summed E-state index contributed by atoms with van der Waals surface area (Å²) >= 11 is 3.42. The first kappa shape index (κ1) is 16.0. The number of aliphatic hydroxyl groups excluding tert-OH is 1. The van der Waals surface area contributed by atoms with Gasteiger partial charge in [-0.2, -0.15) is 0 Å². The van der Waals surface area contributed by atoms with Gasteiger partial charge in [0.25, 0.3) is 5.91 Å². The molecule has 0 radical (unpaired) electrons. The lowest BCUT2D eigenvalue weighted by molar-refractivity contribution is -0.126. The Morgan fingerprint density at radius 1 is 1.38 bits per heavy atom. The van der Waals surface area contributed by atoms with E-state index in [9.17, 15) is 4.79 Å². The molecule has 114 valence electrons. The van der Waals surface area contributed by atoms with Crippen molar-refractivity contribution in [3.63, 3.8) is 0 Å². The second kappa shape index (κ2) is 7.61. The number of carbonyl (C=O) groups excluding carboxylic acids is 1. The van der Waals surface area contributed by atoms with Crippen molar-refractivity contribution < 1.29 is 14.6 Å². The predicted molar refractivity (Wildman–Crippen MR) is 86.2 cm³/mol. The van der Waals surface area contributed by atoms with Gasteiger partial charge < -0.3 is 14.7 Å². The fourth-order valence-electron chi connectivity index (χ4n) is 2.26. The smallest absolute Gasteiger partial charge is 0.252 e. The quantitative estimate of drug-likeness (QED) is 0.800. The monoisotopic (exact) mass is 353 g/mol. The lowest BCUT2D eigenvalue weighted by Gasteiger charge is -2.22. The van der Waals surface area contributed by atoms with Crippen LogP contribution in [-0.4, -0.2) is 42.7 Å². The summed E-state index contributed by atoms with van der Waals surface area (Å²) in [6.45, 7) is 1.22. The Morgan fingerprint density at radius 3 is 2.95 bits per heavy atom. The highest BCUT2D eigenvalue weighted by Crippen LogP contribution is 2.29. The van der Waals surface area contributed by atoms with Crippen molar-refractivity contribution in [2.45, 2.75) is 19.3 Å². The Balaban J connectivity index is 1.99. The molecule has 0 aliphatic carbocycles. The average Bonchev–Trinajstić information content (AvgIpc) is 2.49. The summed E-state index contributed by atoms with van der Waals surface area (Å²) in [5, 5.41) is 8.75. The van der Waals surface area contributed by atoms with Crippen LogP contribution in [-0.2, 0) is 4.79 Å². The van der Waals surface area contributed by atoms with E-state index < -0.39 is 0 Å². The molecule has 21 heavy (non-hydrogen) atoms. The van der Waals surface area contributed by atoms with Crippen LogP contribution in [0.15, 0.2) is 28.2 Å². The Morgan fingerprint density at radius 2 is 2.19 bits per heavy atom. The number of rotatable bonds is 6. The topological polar surface area (TPSA) is 49.8 Å². The van der Waals surface area contributed by atoms with Gasteiger partial charge in [0.1, 0.15) is 12.4 Å². The molecule has 0 saturated carbocycles. The van der Waals surface area contributed by atoms with E-state index in [1.165, 1.54) is 0 Å². The zero-order valence-electron chi connectivity index (χ0n) is 12.1. The third-order valence-corrected chi connectivity index (χ3v) is 3.95. The van der Waals surface area contributed by atoms with Crippen molar-refractivity contribution in [1.29, 1.82) is 0 Å². The average molecular weight is 354 g/mol. The predicted octanol–water partition coefficient (Wildman–Crippen LogP) is 2.85. The second-order valence-corrected chi connectivity index (χ2v) is 6.07. The Bertz CT molecular complexity index is 542. The number of halogens is 1. The molecule has 1 N–H and O–H groups in total. The van der Waals surface area contributed by atoms with Crippen molar-refractivity contribution in [3.05, 3.63) is 33.8 Å². The summed E-state index contributed by atoms with van der Waals surface area (Å²) in [6.07, 6.45) is 4.52. The minimum absolute atomic E-state index is 0.00428. The van der Waals surface area contributed by atoms with Crippen LogP contribution in [0.5, 0.6) is 5.75 Å². The molecule has 0 saturated heterocycles. The van der Waals surface area contributed by atoms with Crippen LogP contribution in [0.1, 0.15) is 24.8 Å². The Labute approximate surface area is 133 Å². The van der Waals surface area contributed by atoms with E-state index in [2.05, 4.69) is 15.9 Å². The summed E-state index contributed by atoms with van der Waals surface area (Å²) in [5.74, 6) is 0.810. The van der Waals surface area contributed by atoms with E-state index in [0.29, 0.717) is 18.7 Å². The first-order valence-electron chi connectivity index (χ1n) is 7.11. The molecule has 0 fully saturated rings. The van der Waals surface area contributed by atoms with Gasteiger partial charge in [-0.1, -0.05) is 15.9 Å². The van der Waals surface area contributed by atoms with Crippen LogP contribution in [0.4, 0.5) is 0 Å². The first-order valence-corrected chi connectivity index (χ1v) is 7.90. The summed E-state index contributed by atoms with van der Waals surface area (Å²) in [4.78, 5) is 14.1. The second-order valence-electron chi connectivity index (χ2n) is 5.15. The van der Waals surface area contributed by atoms with Crippen molar-refractivity contribution in [2.75, 3.05) is 26.8 Å². The van der Waals surface area contributed by atoms with Gasteiger partial charge in [-0.15, -0.1) is 0 Å². The molecule has 0 aromatic heterocycles. The normalized spacial score (nSPS) is 13.2. The van der Waals surface area contributed by atoms with Gasteiger partial charge >= 0.3 is 0 Å². The van der Waals surface area contributed by atoms with Crippen LogP contribution in [0.3, 0.4) is 0 Å². The number of fused-ring (bicyclic) bond motifs is 1. The van der Waals surface area contributed by atoms with E-state index in [-0.39, 0.29) is 12.5 Å². The highest BCUT2D eigenvalue weighted by atomic mass is 79.9. The highest BCUT2D eigenvalue weighted by molar-refractivity contribution is 9.10. The number of ether oxygens (including phenoxy) is 1. The molecule has 0 spiro atoms. The summed E-state index contributed by atoms with van der Waals surface area (Å²) in [7, 11) is 1.80. The number of hydrogen-bond donors (Lipinski definition) is 1. The summed E-state index contributed by atoms with van der Waals surface area (Å²) in [5.41, 5.74) is 1.60. The van der Waals surface area contributed by atoms with Crippen molar-refractivity contribution in [2.24, 2.45) is 0 Å². The lowest BCUT2D eigenvalue weighted by Crippen LogP contribution is -2.31. The SMILES string of the molecule is CN(CCCCCO)C(=O)C1=Cc2cc(Br)ccc2OC1. The Kier molecular flexibility index (Phi) is 5.82. The third kappa shape index (κ3) is 4.32. The number of likely N-dealkylation sites (N-methyl/N-ethyl adjacent to an activating group) is 1. The van der Waals surface area contributed by atoms with E-state index in [4.69, 9.17) is 9.84 Å². The van der Waals surface area contributed by atoms with Crippen LogP contribution in [0.25, 0.3) is 6.08 Å². The molecule has 1 aromatic carbocycles. The number of carbonyl (C=O) groups is 1. The maximum atomic E-state index is 12.4. The fraction of sp³-hybridized carbons (Fsp3) is 0.438. The van der Waals surface area contributed by atoms with Gasteiger partial charge in [0.15, 0.2) is 0 Å². The number of aliphatic hydroxyl groups is 1. The first-order chi connectivity index (χ1) is 10.1. The molecule has 0 atom stereocenters. The van der Waals surface area contributed by atoms with Crippen LogP contribution in [0.2, 0.25) is 0 Å². The van der Waals surface area contributed by atoms with E-state index in [0.717, 1.165) is 35.0 Å². The number of benzene rings is 1. The zero-order chi connectivity index (χ0) is 15.2. The maximum absolute atomic E-state index is 12.4.